The van der Waals surface area contributed by atoms with Crippen LogP contribution in [0.25, 0.3) is 0 Å². The maximum atomic E-state index is 9.72. The summed E-state index contributed by atoms with van der Waals surface area (Å²) in [5.74, 6) is 1.42. The second-order valence-corrected chi connectivity index (χ2v) is 8.32. The van der Waals surface area contributed by atoms with Gasteiger partial charge in [0.15, 0.2) is 6.10 Å². The normalized spacial score (nSPS) is 10.7. The highest BCUT2D eigenvalue weighted by Crippen LogP contribution is 2.10. The number of carboxylic acid groups (broad SMARTS) is 2. The van der Waals surface area contributed by atoms with E-state index in [1.807, 2.05) is 35.7 Å². The molecule has 0 saturated heterocycles. The summed E-state index contributed by atoms with van der Waals surface area (Å²) in [7, 11) is 0. The number of benzene rings is 2. The molecule has 0 amide bonds. The predicted molar refractivity (Wildman–Crippen MR) is 129 cm³/mol. The third-order valence-electron chi connectivity index (χ3n) is 3.40. The second kappa shape index (κ2) is 19.9. The molecule has 0 spiro atoms. The molecule has 2 aromatic carbocycles. The first kappa shape index (κ1) is 29.0. The van der Waals surface area contributed by atoms with Crippen LogP contribution in [0.15, 0.2) is 60.7 Å². The molecule has 1 atom stereocenters. The molecule has 172 valence electrons. The van der Waals surface area contributed by atoms with Crippen molar-refractivity contribution in [1.29, 1.82) is 0 Å². The Balaban J connectivity index is 0.000000439. The summed E-state index contributed by atoms with van der Waals surface area (Å²) in [4.78, 5) is 19.4. The average Bonchev–Trinajstić information content (AvgIpc) is 2.76. The lowest BCUT2D eigenvalue weighted by Crippen LogP contribution is -2.22. The molecule has 2 aromatic rings. The lowest BCUT2D eigenvalue weighted by Gasteiger charge is -1.98. The van der Waals surface area contributed by atoms with Crippen molar-refractivity contribution < 1.29 is 24.9 Å². The van der Waals surface area contributed by atoms with Gasteiger partial charge >= 0.3 is 11.9 Å². The zero-order chi connectivity index (χ0) is 23.3. The molecule has 1 unspecified atom stereocenters. The van der Waals surface area contributed by atoms with Gasteiger partial charge in [-0.15, -0.1) is 0 Å². The number of aliphatic hydroxyl groups is 1. The summed E-state index contributed by atoms with van der Waals surface area (Å²) in [5.41, 5.74) is 13.5. The first-order valence-electron chi connectivity index (χ1n) is 9.66. The second-order valence-electron chi connectivity index (χ2n) is 6.11. The first-order valence-corrected chi connectivity index (χ1v) is 12.0. The van der Waals surface area contributed by atoms with Gasteiger partial charge in [-0.1, -0.05) is 60.7 Å². The lowest BCUT2D eigenvalue weighted by molar-refractivity contribution is -0.152. The molecule has 0 heterocycles. The highest BCUT2D eigenvalue weighted by molar-refractivity contribution is 7.98. The van der Waals surface area contributed by atoms with Crippen LogP contribution in [0.2, 0.25) is 0 Å². The van der Waals surface area contributed by atoms with E-state index in [1.165, 1.54) is 11.1 Å². The molecule has 0 radical (unpaired) electrons. The van der Waals surface area contributed by atoms with E-state index in [0.29, 0.717) is 0 Å². The number of rotatable bonds is 11. The Labute approximate surface area is 192 Å². The van der Waals surface area contributed by atoms with Crippen molar-refractivity contribution in [3.8, 4) is 0 Å². The van der Waals surface area contributed by atoms with Gasteiger partial charge in [-0.2, -0.15) is 23.5 Å². The van der Waals surface area contributed by atoms with Gasteiger partial charge in [-0.05, 0) is 11.1 Å². The standard InChI is InChI=1S/2C9H13NS.C4H6O5/c2*10-6-7-11-8-9-4-2-1-3-5-9;5-2(4(8)9)1-3(6)7/h2*1-5H,6-8,10H2;2,5H,1H2,(H,6,7)(H,8,9). The monoisotopic (exact) mass is 468 g/mol. The van der Waals surface area contributed by atoms with Gasteiger partial charge in [0.1, 0.15) is 0 Å². The number of hydrogen-bond acceptors (Lipinski definition) is 7. The Morgan fingerprint density at radius 3 is 1.42 bits per heavy atom. The minimum absolute atomic E-state index is 0.755. The molecule has 9 heteroatoms. The molecular formula is C22H32N2O5S2. The molecule has 0 aromatic heterocycles. The zero-order valence-corrected chi connectivity index (χ0v) is 19.1. The Kier molecular flexibility index (Phi) is 18.6. The quantitative estimate of drug-likeness (QED) is 0.314. The smallest absolute Gasteiger partial charge is 0.333 e. The summed E-state index contributed by atoms with van der Waals surface area (Å²) in [6.07, 6.45) is -2.54. The third kappa shape index (κ3) is 18.4. The van der Waals surface area contributed by atoms with Crippen molar-refractivity contribution in [2.24, 2.45) is 11.5 Å². The van der Waals surface area contributed by atoms with Crippen LogP contribution in [0.1, 0.15) is 17.5 Å². The minimum Gasteiger partial charge on any atom is -0.481 e. The number of carboxylic acids is 2. The molecule has 0 bridgehead atoms. The van der Waals surface area contributed by atoms with Crippen molar-refractivity contribution in [3.63, 3.8) is 0 Å². The molecule has 31 heavy (non-hydrogen) atoms. The van der Waals surface area contributed by atoms with E-state index in [0.717, 1.165) is 36.1 Å². The molecule has 0 aliphatic carbocycles. The SMILES string of the molecule is NCCSCc1ccccc1.NCCSCc1ccccc1.O=C(O)CC(O)C(=O)O. The van der Waals surface area contributed by atoms with Crippen LogP contribution in [0.5, 0.6) is 0 Å². The van der Waals surface area contributed by atoms with Crippen LogP contribution in [0, 0.1) is 0 Å². The summed E-state index contributed by atoms with van der Waals surface area (Å²) in [6.45, 7) is 1.55. The first-order chi connectivity index (χ1) is 14.9. The van der Waals surface area contributed by atoms with Crippen LogP contribution < -0.4 is 11.5 Å². The number of hydrogen-bond donors (Lipinski definition) is 5. The summed E-state index contributed by atoms with van der Waals surface area (Å²) in [6, 6.07) is 20.9. The van der Waals surface area contributed by atoms with Gasteiger partial charge in [-0.3, -0.25) is 4.79 Å². The number of aliphatic carboxylic acids is 2. The van der Waals surface area contributed by atoms with E-state index < -0.39 is 24.5 Å². The Bertz CT molecular complexity index is 660. The van der Waals surface area contributed by atoms with Crippen LogP contribution in [-0.4, -0.2) is 58.0 Å². The lowest BCUT2D eigenvalue weighted by atomic mass is 10.2. The van der Waals surface area contributed by atoms with Crippen molar-refractivity contribution in [1.82, 2.24) is 0 Å². The van der Waals surface area contributed by atoms with E-state index in [4.69, 9.17) is 26.8 Å². The molecule has 0 aliphatic rings. The molecular weight excluding hydrogens is 436 g/mol. The molecule has 2 rings (SSSR count). The average molecular weight is 469 g/mol. The predicted octanol–water partition coefficient (Wildman–Crippen LogP) is 2.66. The van der Waals surface area contributed by atoms with Gasteiger partial charge in [0.05, 0.1) is 6.42 Å². The van der Waals surface area contributed by atoms with Crippen molar-refractivity contribution in [2.45, 2.75) is 24.0 Å². The van der Waals surface area contributed by atoms with Crippen molar-refractivity contribution in [2.75, 3.05) is 24.6 Å². The van der Waals surface area contributed by atoms with E-state index in [1.54, 1.807) is 0 Å². The topological polar surface area (TPSA) is 147 Å². The zero-order valence-electron chi connectivity index (χ0n) is 17.4. The van der Waals surface area contributed by atoms with Gasteiger partial charge in [0.25, 0.3) is 0 Å². The fraction of sp³-hybridized carbons (Fsp3) is 0.364. The Hall–Kier alpha value is -2.04. The molecule has 7 nitrogen and oxygen atoms in total. The van der Waals surface area contributed by atoms with Gasteiger partial charge in [-0.25, -0.2) is 4.79 Å². The van der Waals surface area contributed by atoms with Crippen LogP contribution in [-0.2, 0) is 21.1 Å². The Morgan fingerprint density at radius 1 is 0.774 bits per heavy atom. The summed E-state index contributed by atoms with van der Waals surface area (Å²) < 4.78 is 0. The summed E-state index contributed by atoms with van der Waals surface area (Å²) >= 11 is 3.76. The third-order valence-corrected chi connectivity index (χ3v) is 5.52. The number of aliphatic hydroxyl groups excluding tert-OH is 1. The molecule has 7 N–H and O–H groups in total. The van der Waals surface area contributed by atoms with Crippen LogP contribution in [0.3, 0.4) is 0 Å². The largest absolute Gasteiger partial charge is 0.481 e. The number of carbonyl (C=O) groups is 2. The van der Waals surface area contributed by atoms with Gasteiger partial charge in [0.2, 0.25) is 0 Å². The fourth-order valence-electron chi connectivity index (χ4n) is 1.95. The van der Waals surface area contributed by atoms with E-state index in [-0.39, 0.29) is 0 Å². The van der Waals surface area contributed by atoms with E-state index >= 15 is 0 Å². The van der Waals surface area contributed by atoms with Crippen molar-refractivity contribution >= 4 is 35.5 Å². The van der Waals surface area contributed by atoms with E-state index in [2.05, 4.69) is 48.5 Å². The number of thioether (sulfide) groups is 2. The fourth-order valence-corrected chi connectivity index (χ4v) is 3.43. The van der Waals surface area contributed by atoms with Gasteiger partial charge < -0.3 is 26.8 Å². The van der Waals surface area contributed by atoms with Crippen molar-refractivity contribution in [3.05, 3.63) is 71.8 Å². The van der Waals surface area contributed by atoms with Crippen LogP contribution in [0.4, 0.5) is 0 Å². The molecule has 0 aliphatic heterocycles. The molecule has 0 saturated carbocycles. The maximum absolute atomic E-state index is 9.72. The van der Waals surface area contributed by atoms with Gasteiger partial charge in [0, 0.05) is 36.1 Å². The molecule has 0 fully saturated rings. The maximum Gasteiger partial charge on any atom is 0.333 e. The van der Waals surface area contributed by atoms with E-state index in [9.17, 15) is 9.59 Å². The highest BCUT2D eigenvalue weighted by Gasteiger charge is 2.16. The minimum atomic E-state index is -1.79. The highest BCUT2D eigenvalue weighted by atomic mass is 32.2. The number of nitrogens with two attached hydrogens (primary N) is 2. The Morgan fingerprint density at radius 2 is 1.16 bits per heavy atom. The van der Waals surface area contributed by atoms with Crippen LogP contribution >= 0.6 is 23.5 Å². The summed E-state index contributed by atoms with van der Waals surface area (Å²) in [5, 5.41) is 24.1.